The molecule has 1 saturated heterocycles. The Morgan fingerprint density at radius 1 is 0.886 bits per heavy atom. The van der Waals surface area contributed by atoms with Crippen molar-refractivity contribution in [1.29, 1.82) is 0 Å². The third-order valence-corrected chi connectivity index (χ3v) is 5.64. The van der Waals surface area contributed by atoms with Crippen molar-refractivity contribution in [2.24, 2.45) is 0 Å². The summed E-state index contributed by atoms with van der Waals surface area (Å²) in [6, 6.07) is 6.26. The molecule has 0 spiro atoms. The molecule has 2 aromatic carbocycles. The Morgan fingerprint density at radius 3 is 2.14 bits per heavy atom. The predicted octanol–water partition coefficient (Wildman–Crippen LogP) is 0.0671. The maximum atomic E-state index is 13.1. The Balaban J connectivity index is 1.78. The van der Waals surface area contributed by atoms with Gasteiger partial charge in [0.15, 0.2) is 16.9 Å². The smallest absolute Gasteiger partial charge is 0.229 e. The van der Waals surface area contributed by atoms with Gasteiger partial charge in [-0.25, -0.2) is 0 Å². The standard InChI is InChI=1S/C23H24O12/c1-31-15-3-9(4-16(32-2)19(15)27)12-7-11(26)18-13(33-12)5-10(25)6-14(18)34-23-22(30)21(29)20(28)17(8-24)35-23/h3-7,17,20-25,27-30H,8H2,1-2H3/t17-,20-,21+,22-,23-/m1/s1. The van der Waals surface area contributed by atoms with Gasteiger partial charge in [0.1, 0.15) is 52.6 Å². The molecule has 5 atom stereocenters. The fourth-order valence-corrected chi connectivity index (χ4v) is 3.80. The van der Waals surface area contributed by atoms with E-state index in [4.69, 9.17) is 23.4 Å². The van der Waals surface area contributed by atoms with E-state index >= 15 is 0 Å². The summed E-state index contributed by atoms with van der Waals surface area (Å²) < 4.78 is 27.0. The molecular weight excluding hydrogens is 468 g/mol. The normalized spacial score (nSPS) is 24.3. The van der Waals surface area contributed by atoms with Gasteiger partial charge in [-0.05, 0) is 12.1 Å². The van der Waals surface area contributed by atoms with E-state index in [1.165, 1.54) is 32.4 Å². The quantitative estimate of drug-likeness (QED) is 0.272. The van der Waals surface area contributed by atoms with Crippen molar-refractivity contribution in [2.45, 2.75) is 30.7 Å². The van der Waals surface area contributed by atoms with Crippen LogP contribution in [-0.2, 0) is 4.74 Å². The van der Waals surface area contributed by atoms with Crippen LogP contribution >= 0.6 is 0 Å². The number of aliphatic hydroxyl groups excluding tert-OH is 4. The molecule has 12 heteroatoms. The Morgan fingerprint density at radius 2 is 1.54 bits per heavy atom. The van der Waals surface area contributed by atoms with Gasteiger partial charge in [0.2, 0.25) is 12.0 Å². The zero-order valence-corrected chi connectivity index (χ0v) is 18.6. The van der Waals surface area contributed by atoms with E-state index in [1.54, 1.807) is 0 Å². The number of benzene rings is 2. The second-order valence-electron chi connectivity index (χ2n) is 7.84. The second-order valence-corrected chi connectivity index (χ2v) is 7.84. The number of phenolic OH excluding ortho intramolecular Hbond substituents is 2. The van der Waals surface area contributed by atoms with Gasteiger partial charge in [0.05, 0.1) is 20.8 Å². The molecule has 188 valence electrons. The number of aromatic hydroxyl groups is 2. The van der Waals surface area contributed by atoms with Crippen LogP contribution in [-0.4, -0.2) is 82.2 Å². The average Bonchev–Trinajstić information content (AvgIpc) is 2.83. The topological polar surface area (TPSA) is 189 Å². The number of methoxy groups -OCH3 is 2. The van der Waals surface area contributed by atoms with Crippen molar-refractivity contribution >= 4 is 11.0 Å². The Labute approximate surface area is 197 Å². The molecule has 6 N–H and O–H groups in total. The number of fused-ring (bicyclic) bond motifs is 1. The number of hydrogen-bond donors (Lipinski definition) is 6. The van der Waals surface area contributed by atoms with Crippen LogP contribution in [0.3, 0.4) is 0 Å². The second kappa shape index (κ2) is 9.60. The van der Waals surface area contributed by atoms with Crippen molar-refractivity contribution in [3.8, 4) is 40.1 Å². The molecule has 1 aliphatic rings. The lowest BCUT2D eigenvalue weighted by molar-refractivity contribution is -0.277. The highest BCUT2D eigenvalue weighted by atomic mass is 16.7. The van der Waals surface area contributed by atoms with E-state index in [2.05, 4.69) is 0 Å². The van der Waals surface area contributed by atoms with Gasteiger partial charge in [-0.2, -0.15) is 0 Å². The summed E-state index contributed by atoms with van der Waals surface area (Å²) in [5, 5.41) is 59.8. The first-order valence-electron chi connectivity index (χ1n) is 10.4. The monoisotopic (exact) mass is 492 g/mol. The van der Waals surface area contributed by atoms with Crippen LogP contribution in [0.15, 0.2) is 39.5 Å². The summed E-state index contributed by atoms with van der Waals surface area (Å²) in [6.45, 7) is -0.670. The predicted molar refractivity (Wildman–Crippen MR) is 119 cm³/mol. The van der Waals surface area contributed by atoms with Gasteiger partial charge in [0, 0.05) is 23.8 Å². The fraction of sp³-hybridized carbons (Fsp3) is 0.348. The molecule has 0 amide bonds. The molecule has 0 bridgehead atoms. The molecule has 1 aromatic heterocycles. The lowest BCUT2D eigenvalue weighted by Gasteiger charge is -2.39. The van der Waals surface area contributed by atoms with E-state index in [0.29, 0.717) is 5.56 Å². The Hall–Kier alpha value is -3.55. The Kier molecular flexibility index (Phi) is 6.74. The molecule has 0 radical (unpaired) electrons. The van der Waals surface area contributed by atoms with Gasteiger partial charge in [-0.1, -0.05) is 0 Å². The maximum Gasteiger partial charge on any atom is 0.229 e. The molecule has 2 heterocycles. The van der Waals surface area contributed by atoms with Crippen molar-refractivity contribution in [3.63, 3.8) is 0 Å². The third-order valence-electron chi connectivity index (χ3n) is 5.64. The van der Waals surface area contributed by atoms with Crippen LogP contribution in [0.2, 0.25) is 0 Å². The highest BCUT2D eigenvalue weighted by Crippen LogP contribution is 2.41. The lowest BCUT2D eigenvalue weighted by atomic mass is 9.99. The Bertz CT molecular complexity index is 1260. The maximum absolute atomic E-state index is 13.1. The minimum Gasteiger partial charge on any atom is -0.508 e. The van der Waals surface area contributed by atoms with Crippen LogP contribution in [0.1, 0.15) is 0 Å². The number of hydrogen-bond acceptors (Lipinski definition) is 12. The molecule has 35 heavy (non-hydrogen) atoms. The fourth-order valence-electron chi connectivity index (χ4n) is 3.80. The molecule has 1 fully saturated rings. The first-order valence-corrected chi connectivity index (χ1v) is 10.4. The zero-order valence-electron chi connectivity index (χ0n) is 18.6. The van der Waals surface area contributed by atoms with Crippen LogP contribution in [0.5, 0.6) is 28.7 Å². The van der Waals surface area contributed by atoms with Crippen molar-refractivity contribution < 1.29 is 54.0 Å². The minimum absolute atomic E-state index is 0.0588. The van der Waals surface area contributed by atoms with Crippen molar-refractivity contribution in [3.05, 3.63) is 40.6 Å². The largest absolute Gasteiger partial charge is 0.508 e. The van der Waals surface area contributed by atoms with Crippen molar-refractivity contribution in [1.82, 2.24) is 0 Å². The summed E-state index contributed by atoms with van der Waals surface area (Å²) in [5.41, 5.74) is -0.347. The SMILES string of the molecule is COc1cc(-c2cc(=O)c3c(O[C@@H]4O[C@H](CO)[C@@H](O)[C@H](O)[C@H]4O)cc(O)cc3o2)cc(OC)c1O. The molecule has 3 aromatic rings. The number of rotatable bonds is 6. The zero-order chi connectivity index (χ0) is 25.4. The molecule has 0 aliphatic carbocycles. The first kappa shape index (κ1) is 24.6. The van der Waals surface area contributed by atoms with E-state index in [1.807, 2.05) is 0 Å². The van der Waals surface area contributed by atoms with E-state index in [-0.39, 0.29) is 45.5 Å². The summed E-state index contributed by atoms with van der Waals surface area (Å²) in [4.78, 5) is 13.1. The highest BCUT2D eigenvalue weighted by Gasteiger charge is 2.45. The van der Waals surface area contributed by atoms with Crippen LogP contribution in [0.4, 0.5) is 0 Å². The highest BCUT2D eigenvalue weighted by molar-refractivity contribution is 5.86. The number of phenols is 2. The van der Waals surface area contributed by atoms with E-state index < -0.39 is 42.7 Å². The number of ether oxygens (including phenoxy) is 4. The van der Waals surface area contributed by atoms with Gasteiger partial charge < -0.3 is 54.0 Å². The molecule has 0 unspecified atom stereocenters. The molecule has 0 saturated carbocycles. The minimum atomic E-state index is -1.73. The van der Waals surface area contributed by atoms with Gasteiger partial charge >= 0.3 is 0 Å². The summed E-state index contributed by atoms with van der Waals surface area (Å²) >= 11 is 0. The summed E-state index contributed by atoms with van der Waals surface area (Å²) in [7, 11) is 2.69. The summed E-state index contributed by atoms with van der Waals surface area (Å²) in [6.07, 6.45) is -7.84. The van der Waals surface area contributed by atoms with E-state index in [9.17, 15) is 35.4 Å². The lowest BCUT2D eigenvalue weighted by Crippen LogP contribution is -2.60. The summed E-state index contributed by atoms with van der Waals surface area (Å²) in [5.74, 6) is -0.615. The number of aliphatic hydroxyl groups is 4. The average molecular weight is 492 g/mol. The van der Waals surface area contributed by atoms with Crippen LogP contribution < -0.4 is 19.6 Å². The molecular formula is C23H24O12. The first-order chi connectivity index (χ1) is 16.7. The molecule has 12 nitrogen and oxygen atoms in total. The van der Waals surface area contributed by atoms with Crippen LogP contribution in [0.25, 0.3) is 22.3 Å². The third kappa shape index (κ3) is 4.45. The van der Waals surface area contributed by atoms with Gasteiger partial charge in [-0.15, -0.1) is 0 Å². The molecule has 1 aliphatic heterocycles. The van der Waals surface area contributed by atoms with Gasteiger partial charge in [-0.3, -0.25) is 4.79 Å². The van der Waals surface area contributed by atoms with Crippen LogP contribution in [0, 0.1) is 0 Å². The van der Waals surface area contributed by atoms with Crippen molar-refractivity contribution in [2.75, 3.05) is 20.8 Å². The van der Waals surface area contributed by atoms with E-state index in [0.717, 1.165) is 12.1 Å². The van der Waals surface area contributed by atoms with Gasteiger partial charge in [0.25, 0.3) is 0 Å². The molecule has 4 rings (SSSR count).